The highest BCUT2D eigenvalue weighted by atomic mass is 79.9. The Morgan fingerprint density at radius 3 is 2.58 bits per heavy atom. The summed E-state index contributed by atoms with van der Waals surface area (Å²) in [5, 5.41) is 6.96. The fourth-order valence-electron chi connectivity index (χ4n) is 3.95. The van der Waals surface area contributed by atoms with Crippen LogP contribution in [-0.2, 0) is 18.6 Å². The van der Waals surface area contributed by atoms with Crippen LogP contribution in [0.1, 0.15) is 51.6 Å². The van der Waals surface area contributed by atoms with Gasteiger partial charge in [-0.3, -0.25) is 9.48 Å². The molecule has 1 N–H and O–H groups in total. The molecule has 1 atom stereocenters. The van der Waals surface area contributed by atoms with E-state index in [4.69, 9.17) is 0 Å². The van der Waals surface area contributed by atoms with E-state index in [0.717, 1.165) is 23.1 Å². The van der Waals surface area contributed by atoms with E-state index in [9.17, 15) is 22.4 Å². The molecule has 3 aromatic rings. The number of alkyl halides is 4. The van der Waals surface area contributed by atoms with Gasteiger partial charge in [-0.05, 0) is 66.1 Å². The number of hydrogen-bond acceptors (Lipinski definition) is 2. The molecule has 0 aliphatic heterocycles. The summed E-state index contributed by atoms with van der Waals surface area (Å²) in [7, 11) is 1.42. The monoisotopic (exact) mass is 523 g/mol. The van der Waals surface area contributed by atoms with Crippen LogP contribution >= 0.6 is 15.9 Å². The van der Waals surface area contributed by atoms with Crippen LogP contribution < -0.4 is 5.32 Å². The van der Waals surface area contributed by atoms with Crippen LogP contribution in [0.25, 0.3) is 11.1 Å². The molecule has 0 spiro atoms. The summed E-state index contributed by atoms with van der Waals surface area (Å²) in [6.07, 6.45) is -1.44. The average Bonchev–Trinajstić information content (AvgIpc) is 3.53. The molecule has 4 nitrogen and oxygen atoms in total. The predicted molar refractivity (Wildman–Crippen MR) is 120 cm³/mol. The fourth-order valence-corrected chi connectivity index (χ4v) is 4.28. The molecular formula is C24H22BrF4N3O. The fraction of sp³-hybridized carbons (Fsp3) is 0.333. The first kappa shape index (κ1) is 23.5. The molecule has 9 heteroatoms. The Bertz CT molecular complexity index is 1200. The molecule has 4 rings (SSSR count). The molecule has 0 saturated heterocycles. The van der Waals surface area contributed by atoms with E-state index >= 15 is 0 Å². The molecule has 1 aliphatic carbocycles. The maximum atomic E-state index is 13.7. The number of nitrogens with one attached hydrogen (secondary N) is 1. The molecule has 1 heterocycles. The Hall–Kier alpha value is -2.68. The van der Waals surface area contributed by atoms with Gasteiger partial charge < -0.3 is 5.32 Å². The lowest BCUT2D eigenvalue weighted by molar-refractivity contribution is -0.140. The van der Waals surface area contributed by atoms with Crippen LogP contribution in [0.5, 0.6) is 0 Å². The zero-order chi connectivity index (χ0) is 23.9. The van der Waals surface area contributed by atoms with E-state index in [0.29, 0.717) is 16.5 Å². The van der Waals surface area contributed by atoms with E-state index in [1.807, 2.05) is 0 Å². The van der Waals surface area contributed by atoms with Gasteiger partial charge in [0.15, 0.2) is 5.69 Å². The Balaban J connectivity index is 1.69. The number of nitrogens with zero attached hydrogens (tertiary/aromatic N) is 2. The number of halogens is 5. The SMILES string of the molecule is Cc1cc(C(NC(=O)c2cc(CBr)cc(-c3cn(C)nc3C(F)(F)F)c2)C2CC2)ccc1F. The van der Waals surface area contributed by atoms with Gasteiger partial charge in [0.25, 0.3) is 5.91 Å². The molecular weight excluding hydrogens is 502 g/mol. The van der Waals surface area contributed by atoms with Crippen LogP contribution in [0.3, 0.4) is 0 Å². The molecule has 0 bridgehead atoms. The van der Waals surface area contributed by atoms with Crippen molar-refractivity contribution in [3.05, 3.63) is 76.4 Å². The van der Waals surface area contributed by atoms with Gasteiger partial charge in [-0.25, -0.2) is 4.39 Å². The lowest BCUT2D eigenvalue weighted by Gasteiger charge is -2.20. The van der Waals surface area contributed by atoms with Gasteiger partial charge >= 0.3 is 6.18 Å². The van der Waals surface area contributed by atoms with Crippen molar-refractivity contribution in [1.29, 1.82) is 0 Å². The minimum absolute atomic E-state index is 0.0882. The summed E-state index contributed by atoms with van der Waals surface area (Å²) in [5.41, 5.74) is 1.40. The molecule has 0 radical (unpaired) electrons. The molecule has 1 unspecified atom stereocenters. The van der Waals surface area contributed by atoms with E-state index in [-0.39, 0.29) is 34.5 Å². The highest BCUT2D eigenvalue weighted by Crippen LogP contribution is 2.42. The third-order valence-electron chi connectivity index (χ3n) is 5.74. The minimum Gasteiger partial charge on any atom is -0.345 e. The highest BCUT2D eigenvalue weighted by Gasteiger charge is 2.38. The van der Waals surface area contributed by atoms with E-state index in [1.54, 1.807) is 31.2 Å². The minimum atomic E-state index is -4.62. The zero-order valence-electron chi connectivity index (χ0n) is 18.0. The molecule has 1 aromatic heterocycles. The van der Waals surface area contributed by atoms with Gasteiger partial charge in [-0.15, -0.1) is 0 Å². The summed E-state index contributed by atoms with van der Waals surface area (Å²) >= 11 is 3.34. The number of aromatic nitrogens is 2. The molecule has 1 amide bonds. The Kier molecular flexibility index (Phi) is 6.35. The third-order valence-corrected chi connectivity index (χ3v) is 6.39. The quantitative estimate of drug-likeness (QED) is 0.303. The van der Waals surface area contributed by atoms with Crippen molar-refractivity contribution in [2.45, 2.75) is 37.3 Å². The number of carbonyl (C=O) groups is 1. The average molecular weight is 524 g/mol. The Labute approximate surface area is 197 Å². The summed E-state index contributed by atoms with van der Waals surface area (Å²) in [6.45, 7) is 1.67. The normalized spacial score (nSPS) is 14.9. The molecule has 1 saturated carbocycles. The predicted octanol–water partition coefficient (Wildman–Crippen LogP) is 6.33. The van der Waals surface area contributed by atoms with Crippen LogP contribution in [0.15, 0.2) is 42.6 Å². The maximum absolute atomic E-state index is 13.7. The van der Waals surface area contributed by atoms with Crippen molar-refractivity contribution in [2.75, 3.05) is 0 Å². The second kappa shape index (κ2) is 8.93. The van der Waals surface area contributed by atoms with Crippen molar-refractivity contribution in [2.24, 2.45) is 13.0 Å². The maximum Gasteiger partial charge on any atom is 0.435 e. The summed E-state index contributed by atoms with van der Waals surface area (Å²) in [6, 6.07) is 9.19. The van der Waals surface area contributed by atoms with Crippen molar-refractivity contribution in [3.63, 3.8) is 0 Å². The Morgan fingerprint density at radius 2 is 1.97 bits per heavy atom. The van der Waals surface area contributed by atoms with E-state index in [2.05, 4.69) is 26.3 Å². The third kappa shape index (κ3) is 5.13. The van der Waals surface area contributed by atoms with Gasteiger partial charge in [0.2, 0.25) is 0 Å². The number of amides is 1. The summed E-state index contributed by atoms with van der Waals surface area (Å²) in [5.74, 6) is -0.464. The summed E-state index contributed by atoms with van der Waals surface area (Å²) in [4.78, 5) is 13.2. The second-order valence-corrected chi connectivity index (χ2v) is 8.97. The lowest BCUT2D eigenvalue weighted by atomic mass is 9.97. The second-order valence-electron chi connectivity index (χ2n) is 8.41. The smallest absolute Gasteiger partial charge is 0.345 e. The first-order valence-electron chi connectivity index (χ1n) is 10.4. The molecule has 174 valence electrons. The van der Waals surface area contributed by atoms with Gasteiger partial charge in [0.1, 0.15) is 5.82 Å². The van der Waals surface area contributed by atoms with Crippen LogP contribution in [-0.4, -0.2) is 15.7 Å². The number of hydrogen-bond donors (Lipinski definition) is 1. The van der Waals surface area contributed by atoms with Crippen molar-refractivity contribution in [3.8, 4) is 11.1 Å². The zero-order valence-corrected chi connectivity index (χ0v) is 19.6. The number of benzene rings is 2. The number of carbonyl (C=O) groups excluding carboxylic acids is 1. The lowest BCUT2D eigenvalue weighted by Crippen LogP contribution is -2.30. The van der Waals surface area contributed by atoms with Gasteiger partial charge in [-0.1, -0.05) is 34.1 Å². The van der Waals surface area contributed by atoms with Crippen LogP contribution in [0.2, 0.25) is 0 Å². The first-order chi connectivity index (χ1) is 15.6. The number of aryl methyl sites for hydroxylation is 2. The summed E-state index contributed by atoms with van der Waals surface area (Å²) < 4.78 is 55.4. The van der Waals surface area contributed by atoms with E-state index in [1.165, 1.54) is 25.4 Å². The topological polar surface area (TPSA) is 46.9 Å². The van der Waals surface area contributed by atoms with Crippen LogP contribution in [0.4, 0.5) is 17.6 Å². The molecule has 1 fully saturated rings. The van der Waals surface area contributed by atoms with Gasteiger partial charge in [0, 0.05) is 29.7 Å². The molecule has 2 aromatic carbocycles. The first-order valence-corrected chi connectivity index (χ1v) is 11.6. The molecule has 1 aliphatic rings. The largest absolute Gasteiger partial charge is 0.435 e. The van der Waals surface area contributed by atoms with Crippen LogP contribution in [0, 0.1) is 18.7 Å². The van der Waals surface area contributed by atoms with Crippen molar-refractivity contribution in [1.82, 2.24) is 15.1 Å². The number of rotatable bonds is 6. The van der Waals surface area contributed by atoms with Gasteiger partial charge in [-0.2, -0.15) is 18.3 Å². The highest BCUT2D eigenvalue weighted by molar-refractivity contribution is 9.08. The van der Waals surface area contributed by atoms with E-state index < -0.39 is 17.8 Å². The standard InChI is InChI=1S/C24H22BrF4N3O/c1-13-7-16(5-6-20(13)26)21(15-3-4-15)30-23(33)18-9-14(11-25)8-17(10-18)19-12-32(2)31-22(19)24(27,28)29/h5-10,12,15,21H,3-4,11H2,1-2H3,(H,30,33). The van der Waals surface area contributed by atoms with Crippen molar-refractivity contribution >= 4 is 21.8 Å². The van der Waals surface area contributed by atoms with Gasteiger partial charge in [0.05, 0.1) is 6.04 Å². The van der Waals surface area contributed by atoms with Crippen molar-refractivity contribution < 1.29 is 22.4 Å². The molecule has 33 heavy (non-hydrogen) atoms. The Morgan fingerprint density at radius 1 is 1.24 bits per heavy atom.